The maximum absolute atomic E-state index is 14.8. The Morgan fingerprint density at radius 1 is 1.10 bits per heavy atom. The summed E-state index contributed by atoms with van der Waals surface area (Å²) in [5, 5.41) is 8.93. The molecule has 2 N–H and O–H groups in total. The van der Waals surface area contributed by atoms with E-state index in [0.29, 0.717) is 12.8 Å². The average molecular weight is 585 g/mol. The van der Waals surface area contributed by atoms with Crippen LogP contribution in [0.15, 0.2) is 41.3 Å². The molecule has 13 heteroatoms. The number of carbonyl (C=O) groups is 2. The lowest BCUT2D eigenvalue weighted by molar-refractivity contribution is -0.129. The minimum Gasteiger partial charge on any atom is -0.451 e. The first kappa shape index (κ1) is 33.1. The van der Waals surface area contributed by atoms with E-state index in [9.17, 15) is 22.6 Å². The van der Waals surface area contributed by atoms with Gasteiger partial charge in [0.1, 0.15) is 22.8 Å². The molecule has 0 aliphatic carbocycles. The van der Waals surface area contributed by atoms with Crippen molar-refractivity contribution >= 4 is 23.0 Å². The topological polar surface area (TPSA) is 112 Å². The van der Waals surface area contributed by atoms with Gasteiger partial charge in [0.2, 0.25) is 0 Å². The van der Waals surface area contributed by atoms with E-state index in [4.69, 9.17) is 14.7 Å². The van der Waals surface area contributed by atoms with Crippen LogP contribution in [0.25, 0.3) is 0 Å². The van der Waals surface area contributed by atoms with Crippen molar-refractivity contribution in [3.8, 4) is 11.5 Å². The molecule has 1 atom stereocenters. The van der Waals surface area contributed by atoms with E-state index in [1.165, 1.54) is 17.4 Å². The third kappa shape index (κ3) is 9.81. The van der Waals surface area contributed by atoms with Gasteiger partial charge in [-0.1, -0.05) is 31.5 Å². The minimum absolute atomic E-state index is 0.00448. The van der Waals surface area contributed by atoms with E-state index in [-0.39, 0.29) is 29.8 Å². The summed E-state index contributed by atoms with van der Waals surface area (Å²) in [6, 6.07) is 8.27. The van der Waals surface area contributed by atoms with Crippen LogP contribution in [0.4, 0.5) is 13.6 Å². The second-order valence-electron chi connectivity index (χ2n) is 9.09. The number of halogens is 2. The van der Waals surface area contributed by atoms with Gasteiger partial charge in [-0.05, 0) is 51.1 Å². The van der Waals surface area contributed by atoms with Crippen LogP contribution in [0.1, 0.15) is 32.3 Å². The highest BCUT2D eigenvalue weighted by Gasteiger charge is 2.25. The number of carbonyl (C=O) groups excluding carboxylic acids is 2. The van der Waals surface area contributed by atoms with Gasteiger partial charge in [-0.25, -0.2) is 27.6 Å². The SMILES string of the molecule is CC.Cc1ccc(Oc2c(F)cc(S(=O)N(CCN(C)C(=O)OC3CCN(C)CC3)CC(=O)NO)cc2F)cc1. The first-order chi connectivity index (χ1) is 19.1. The maximum Gasteiger partial charge on any atom is 0.409 e. The van der Waals surface area contributed by atoms with Crippen LogP contribution in [-0.4, -0.2) is 88.4 Å². The van der Waals surface area contributed by atoms with E-state index < -0.39 is 46.9 Å². The molecule has 1 saturated heterocycles. The van der Waals surface area contributed by atoms with Gasteiger partial charge in [0.05, 0.1) is 11.4 Å². The monoisotopic (exact) mass is 584 g/mol. The molecule has 40 heavy (non-hydrogen) atoms. The Morgan fingerprint density at radius 2 is 1.68 bits per heavy atom. The van der Waals surface area contributed by atoms with Crippen LogP contribution in [0.3, 0.4) is 0 Å². The summed E-state index contributed by atoms with van der Waals surface area (Å²) in [7, 11) is 1.26. The fraction of sp³-hybridized carbons (Fsp3) is 0.481. The molecule has 1 fully saturated rings. The quantitative estimate of drug-likeness (QED) is 0.320. The van der Waals surface area contributed by atoms with Gasteiger partial charge < -0.3 is 19.3 Å². The highest BCUT2D eigenvalue weighted by Crippen LogP contribution is 2.30. The molecule has 1 unspecified atom stereocenters. The van der Waals surface area contributed by atoms with Gasteiger partial charge in [-0.15, -0.1) is 0 Å². The lowest BCUT2D eigenvalue weighted by atomic mass is 10.1. The fourth-order valence-electron chi connectivity index (χ4n) is 3.71. The van der Waals surface area contributed by atoms with Crippen LogP contribution in [0.2, 0.25) is 0 Å². The number of piperidine rings is 1. The van der Waals surface area contributed by atoms with E-state index in [0.717, 1.165) is 35.1 Å². The highest BCUT2D eigenvalue weighted by molar-refractivity contribution is 7.82. The maximum atomic E-state index is 14.8. The van der Waals surface area contributed by atoms with E-state index >= 15 is 0 Å². The van der Waals surface area contributed by atoms with E-state index in [2.05, 4.69) is 4.90 Å². The summed E-state index contributed by atoms with van der Waals surface area (Å²) in [5.41, 5.74) is 2.38. The van der Waals surface area contributed by atoms with Gasteiger partial charge in [0.15, 0.2) is 17.4 Å². The van der Waals surface area contributed by atoms with Crippen molar-refractivity contribution < 1.29 is 37.3 Å². The van der Waals surface area contributed by atoms with Crippen LogP contribution in [0, 0.1) is 18.6 Å². The molecule has 0 saturated carbocycles. The van der Waals surface area contributed by atoms with E-state index in [1.54, 1.807) is 24.3 Å². The van der Waals surface area contributed by atoms with Crippen molar-refractivity contribution in [2.75, 3.05) is 46.8 Å². The first-order valence-corrected chi connectivity index (χ1v) is 14.1. The minimum atomic E-state index is -2.22. The zero-order valence-corrected chi connectivity index (χ0v) is 24.3. The number of nitrogens with one attached hydrogen (secondary N) is 1. The van der Waals surface area contributed by atoms with Crippen LogP contribution in [-0.2, 0) is 20.5 Å². The molecule has 1 heterocycles. The molecule has 0 radical (unpaired) electrons. The molecule has 2 aromatic carbocycles. The number of likely N-dealkylation sites (tertiary alicyclic amines) is 1. The number of hydrogen-bond acceptors (Lipinski definition) is 7. The number of hydrogen-bond donors (Lipinski definition) is 2. The average Bonchev–Trinajstić information content (AvgIpc) is 2.95. The molecule has 0 spiro atoms. The molecule has 0 aromatic heterocycles. The Hall–Kier alpha value is -3.13. The molecular formula is C27H38F2N4O6S. The summed E-state index contributed by atoms with van der Waals surface area (Å²) in [6.07, 6.45) is 0.637. The largest absolute Gasteiger partial charge is 0.451 e. The van der Waals surface area contributed by atoms with Gasteiger partial charge in [0, 0.05) is 33.2 Å². The number of rotatable bonds is 10. The smallest absolute Gasteiger partial charge is 0.409 e. The van der Waals surface area contributed by atoms with Gasteiger partial charge in [-0.3, -0.25) is 10.0 Å². The van der Waals surface area contributed by atoms with Gasteiger partial charge in [-0.2, -0.15) is 0 Å². The Balaban J connectivity index is 0.00000274. The molecule has 3 rings (SSSR count). The zero-order valence-electron chi connectivity index (χ0n) is 23.5. The lowest BCUT2D eigenvalue weighted by Gasteiger charge is -2.30. The van der Waals surface area contributed by atoms with Crippen molar-refractivity contribution in [1.29, 1.82) is 0 Å². The van der Waals surface area contributed by atoms with Gasteiger partial charge >= 0.3 is 6.09 Å². The van der Waals surface area contributed by atoms with Crippen molar-refractivity contribution in [2.45, 2.75) is 44.6 Å². The Bertz CT molecular complexity index is 1120. The molecule has 1 aliphatic heterocycles. The molecule has 2 amide bonds. The second-order valence-corrected chi connectivity index (χ2v) is 10.6. The van der Waals surface area contributed by atoms with Crippen molar-refractivity contribution in [3.63, 3.8) is 0 Å². The summed E-state index contributed by atoms with van der Waals surface area (Å²) >= 11 is 0. The Kier molecular flexibility index (Phi) is 13.4. The standard InChI is InChI=1S/C25H32F2N4O6S.C2H6/c1-17-4-6-18(7-5-17)36-24-21(26)14-20(15-22(24)27)38(35)31(16-23(32)28-34)13-12-30(3)25(33)37-19-8-10-29(2)11-9-19;1-2/h4-7,14-15,19,34H,8-13,16H2,1-3H3,(H,28,32);1-2H3. The van der Waals surface area contributed by atoms with Crippen LogP contribution in [0.5, 0.6) is 11.5 Å². The third-order valence-corrected chi connectivity index (χ3v) is 7.44. The van der Waals surface area contributed by atoms with Crippen molar-refractivity contribution in [2.24, 2.45) is 0 Å². The summed E-state index contributed by atoms with van der Waals surface area (Å²) < 4.78 is 54.7. The second kappa shape index (κ2) is 16.2. The summed E-state index contributed by atoms with van der Waals surface area (Å²) in [5.74, 6) is -3.50. The molecule has 10 nitrogen and oxygen atoms in total. The molecular weight excluding hydrogens is 546 g/mol. The zero-order chi connectivity index (χ0) is 29.8. The summed E-state index contributed by atoms with van der Waals surface area (Å²) in [6.45, 7) is 6.79. The lowest BCUT2D eigenvalue weighted by Crippen LogP contribution is -2.43. The first-order valence-electron chi connectivity index (χ1n) is 13.0. The van der Waals surface area contributed by atoms with Crippen molar-refractivity contribution in [3.05, 3.63) is 53.6 Å². The number of ether oxygens (including phenoxy) is 2. The molecule has 222 valence electrons. The van der Waals surface area contributed by atoms with Gasteiger partial charge in [0.25, 0.3) is 5.91 Å². The number of aryl methyl sites for hydroxylation is 1. The third-order valence-electron chi connectivity index (χ3n) is 6.02. The van der Waals surface area contributed by atoms with Crippen molar-refractivity contribution in [1.82, 2.24) is 19.6 Å². The molecule has 2 aromatic rings. The number of hydroxylamine groups is 1. The number of benzene rings is 2. The van der Waals surface area contributed by atoms with E-state index in [1.807, 2.05) is 27.8 Å². The highest BCUT2D eigenvalue weighted by atomic mass is 32.2. The predicted molar refractivity (Wildman–Crippen MR) is 146 cm³/mol. The van der Waals surface area contributed by atoms with Crippen LogP contribution < -0.4 is 10.2 Å². The Labute approximate surface area is 236 Å². The predicted octanol–water partition coefficient (Wildman–Crippen LogP) is 4.08. The molecule has 0 bridgehead atoms. The Morgan fingerprint density at radius 3 is 2.23 bits per heavy atom. The number of nitrogens with zero attached hydrogens (tertiary/aromatic N) is 3. The fourth-order valence-corrected chi connectivity index (χ4v) is 4.90. The normalized spacial score (nSPS) is 14.6. The van der Waals surface area contributed by atoms with Crippen LogP contribution >= 0.6 is 0 Å². The molecule has 1 aliphatic rings. The summed E-state index contributed by atoms with van der Waals surface area (Å²) in [4.78, 5) is 27.4. The number of amides is 2. The number of likely N-dealkylation sites (N-methyl/N-ethyl adjacent to an activating group) is 1.